The van der Waals surface area contributed by atoms with E-state index in [-0.39, 0.29) is 11.5 Å². The molecule has 0 bridgehead atoms. The number of hydrogen-bond donors (Lipinski definition) is 2. The maximum absolute atomic E-state index is 12.4. The van der Waals surface area contributed by atoms with Gasteiger partial charge in [-0.1, -0.05) is 20.6 Å². The molecule has 0 heterocycles. The van der Waals surface area contributed by atoms with Crippen LogP contribution in [0.1, 0.15) is 0 Å². The predicted octanol–water partition coefficient (Wildman–Crippen LogP) is 3.75. The Labute approximate surface area is 151 Å². The smallest absolute Gasteiger partial charge is 0.419 e. The zero-order chi connectivity index (χ0) is 18.9. The monoisotopic (exact) mass is 406 g/mol. The maximum Gasteiger partial charge on any atom is 0.419 e. The number of hydrogen-bond acceptors (Lipinski definition) is 6. The van der Waals surface area contributed by atoms with Gasteiger partial charge in [-0.05, 0) is 73.6 Å². The first-order valence-electron chi connectivity index (χ1n) is 7.13. The van der Waals surface area contributed by atoms with E-state index < -0.39 is 31.0 Å². The van der Waals surface area contributed by atoms with Crippen LogP contribution in [0.5, 0.6) is 11.5 Å². The molecule has 9 heteroatoms. The number of rotatable bonds is 6. The van der Waals surface area contributed by atoms with E-state index in [0.29, 0.717) is 9.79 Å². The topological polar surface area (TPSA) is 93.1 Å². The molecule has 0 aromatic heterocycles. The molecule has 0 aliphatic heterocycles. The summed E-state index contributed by atoms with van der Waals surface area (Å²) in [6.07, 6.45) is 6.73. The summed E-state index contributed by atoms with van der Waals surface area (Å²) in [7, 11) is -8.56. The summed E-state index contributed by atoms with van der Waals surface area (Å²) in [5, 5.41) is 18.7. The van der Waals surface area contributed by atoms with Gasteiger partial charge in [-0.2, -0.15) is 15.7 Å². The van der Waals surface area contributed by atoms with Crippen LogP contribution in [-0.4, -0.2) is 43.7 Å². The fraction of sp³-hybridized carbons (Fsp3) is 0.250. The van der Waals surface area contributed by atoms with Crippen molar-refractivity contribution in [1.82, 2.24) is 0 Å². The minimum Gasteiger partial charge on any atom is -0.508 e. The normalized spacial score (nSPS) is 14.2. The predicted molar refractivity (Wildman–Crippen MR) is 103 cm³/mol. The van der Waals surface area contributed by atoms with Crippen molar-refractivity contribution in [2.45, 2.75) is 9.79 Å². The van der Waals surface area contributed by atoms with Gasteiger partial charge in [0.25, 0.3) is 0 Å². The van der Waals surface area contributed by atoms with Crippen LogP contribution in [0.25, 0.3) is 0 Å². The van der Waals surface area contributed by atoms with Crippen molar-refractivity contribution < 1.29 is 25.9 Å². The van der Waals surface area contributed by atoms with Gasteiger partial charge < -0.3 is 10.2 Å². The van der Waals surface area contributed by atoms with Crippen LogP contribution in [-0.2, 0) is 17.7 Å². The van der Waals surface area contributed by atoms with Crippen molar-refractivity contribution >= 4 is 31.0 Å². The lowest BCUT2D eigenvalue weighted by molar-refractivity contribution is 0.427. The van der Waals surface area contributed by atoms with Crippen molar-refractivity contribution in [2.24, 2.45) is 0 Å². The second-order valence-corrected chi connectivity index (χ2v) is 13.8. The van der Waals surface area contributed by atoms with Crippen molar-refractivity contribution in [3.05, 3.63) is 48.5 Å². The van der Waals surface area contributed by atoms with Gasteiger partial charge in [-0.3, -0.25) is 0 Å². The molecule has 0 fully saturated rings. The second-order valence-electron chi connectivity index (χ2n) is 6.00. The summed E-state index contributed by atoms with van der Waals surface area (Å²) in [5.74, 6) is 0.187. The molecule has 0 saturated carbocycles. The molecule has 140 valence electrons. The van der Waals surface area contributed by atoms with Gasteiger partial charge in [0.05, 0.1) is 0 Å². The van der Waals surface area contributed by atoms with Crippen LogP contribution in [0, 0.1) is 0 Å². The highest BCUT2D eigenvalue weighted by molar-refractivity contribution is 8.34. The first-order chi connectivity index (χ1) is 11.4. The molecule has 2 aromatic rings. The summed E-state index contributed by atoms with van der Waals surface area (Å²) in [6.45, 7) is 0. The van der Waals surface area contributed by atoms with Gasteiger partial charge in [0.2, 0.25) is 0 Å². The summed E-state index contributed by atoms with van der Waals surface area (Å²) in [4.78, 5) is 1.32. The summed E-state index contributed by atoms with van der Waals surface area (Å²) in [5.41, 5.74) is 0. The Bertz CT molecular complexity index is 762. The maximum atomic E-state index is 12.4. The quantitative estimate of drug-likeness (QED) is 0.759. The van der Waals surface area contributed by atoms with E-state index in [1.165, 1.54) is 24.3 Å². The molecule has 2 aromatic carbocycles. The first-order valence-corrected chi connectivity index (χ1v) is 13.2. The van der Waals surface area contributed by atoms with E-state index >= 15 is 0 Å². The van der Waals surface area contributed by atoms with Gasteiger partial charge in [-0.15, -0.1) is 0 Å². The average molecular weight is 407 g/mol. The summed E-state index contributed by atoms with van der Waals surface area (Å²) >= 11 is 0. The Morgan fingerprint density at radius 3 is 1.20 bits per heavy atom. The highest BCUT2D eigenvalue weighted by Crippen LogP contribution is 2.56. The van der Waals surface area contributed by atoms with Crippen LogP contribution in [0.4, 0.5) is 0 Å². The average Bonchev–Trinajstić information content (AvgIpc) is 2.45. The molecule has 0 unspecified atom stereocenters. The zero-order valence-electron chi connectivity index (χ0n) is 14.4. The fourth-order valence-corrected chi connectivity index (χ4v) is 7.89. The molecule has 6 nitrogen and oxygen atoms in total. The number of aromatic hydroxyl groups is 2. The molecule has 0 aliphatic rings. The SMILES string of the molecule is CS(C)(OS(=O)(=O)OS(C)(C)c1ccc(O)cc1)c1ccc(O)cc1. The Morgan fingerprint density at radius 1 is 0.640 bits per heavy atom. The summed E-state index contributed by atoms with van der Waals surface area (Å²) < 4.78 is 35.6. The largest absolute Gasteiger partial charge is 0.508 e. The van der Waals surface area contributed by atoms with Gasteiger partial charge in [0.1, 0.15) is 11.5 Å². The number of phenols is 2. The van der Waals surface area contributed by atoms with Crippen LogP contribution in [0.15, 0.2) is 58.3 Å². The van der Waals surface area contributed by atoms with Gasteiger partial charge in [0, 0.05) is 9.79 Å². The number of benzene rings is 2. The first kappa shape index (κ1) is 19.9. The Morgan fingerprint density at radius 2 is 0.920 bits per heavy atom. The van der Waals surface area contributed by atoms with E-state index in [0.717, 1.165) is 0 Å². The molecule has 0 saturated heterocycles. The number of phenolic OH excluding ortho intramolecular Hbond substituents is 2. The Hall–Kier alpha value is -1.39. The molecular formula is C16H22O6S3. The van der Waals surface area contributed by atoms with E-state index in [9.17, 15) is 18.6 Å². The van der Waals surface area contributed by atoms with Gasteiger partial charge in [0.15, 0.2) is 0 Å². The molecule has 2 rings (SSSR count). The lowest BCUT2D eigenvalue weighted by Gasteiger charge is -2.34. The van der Waals surface area contributed by atoms with Gasteiger partial charge >= 0.3 is 10.4 Å². The van der Waals surface area contributed by atoms with Crippen LogP contribution >= 0.6 is 20.6 Å². The van der Waals surface area contributed by atoms with E-state index in [1.54, 1.807) is 49.3 Å². The third-order valence-corrected chi connectivity index (χ3v) is 10.2. The molecule has 0 amide bonds. The highest BCUT2D eigenvalue weighted by atomic mass is 32.4. The lowest BCUT2D eigenvalue weighted by atomic mass is 10.3. The van der Waals surface area contributed by atoms with E-state index in [2.05, 4.69) is 0 Å². The standard InChI is InChI=1S/C16H22O6S3/c1-23(2,15-9-5-13(17)6-10-15)21-25(19,20)22-24(3,4)16-11-7-14(18)8-12-16/h5-12,17-18H,1-4H3. The van der Waals surface area contributed by atoms with E-state index in [1.807, 2.05) is 0 Å². The third-order valence-electron chi connectivity index (χ3n) is 3.32. The molecule has 0 spiro atoms. The molecule has 0 aliphatic carbocycles. The second kappa shape index (κ2) is 7.08. The minimum absolute atomic E-state index is 0.0935. The molecule has 0 radical (unpaired) electrons. The zero-order valence-corrected chi connectivity index (χ0v) is 16.8. The van der Waals surface area contributed by atoms with Crippen molar-refractivity contribution in [3.8, 4) is 11.5 Å². The van der Waals surface area contributed by atoms with Crippen molar-refractivity contribution in [1.29, 1.82) is 0 Å². The third kappa shape index (κ3) is 5.29. The Kier molecular flexibility index (Phi) is 5.65. The fourth-order valence-electron chi connectivity index (χ4n) is 2.05. The molecule has 25 heavy (non-hydrogen) atoms. The van der Waals surface area contributed by atoms with Crippen LogP contribution < -0.4 is 0 Å². The highest BCUT2D eigenvalue weighted by Gasteiger charge is 2.31. The minimum atomic E-state index is -4.26. The Balaban J connectivity index is 2.20. The van der Waals surface area contributed by atoms with Crippen LogP contribution in [0.3, 0.4) is 0 Å². The van der Waals surface area contributed by atoms with Crippen LogP contribution in [0.2, 0.25) is 0 Å². The molecule has 2 N–H and O–H groups in total. The molecule has 0 atom stereocenters. The van der Waals surface area contributed by atoms with Gasteiger partial charge in [-0.25, -0.2) is 0 Å². The van der Waals surface area contributed by atoms with Crippen molar-refractivity contribution in [3.63, 3.8) is 0 Å². The summed E-state index contributed by atoms with van der Waals surface area (Å²) in [6, 6.07) is 12.4. The van der Waals surface area contributed by atoms with Crippen molar-refractivity contribution in [2.75, 3.05) is 25.0 Å². The lowest BCUT2D eigenvalue weighted by Crippen LogP contribution is -2.16. The van der Waals surface area contributed by atoms with E-state index in [4.69, 9.17) is 7.26 Å². The molecular weight excluding hydrogens is 384 g/mol.